The quantitative estimate of drug-likeness (QED) is 0.237. The fourth-order valence-corrected chi connectivity index (χ4v) is 3.36. The monoisotopic (exact) mass is 422 g/mol. The van der Waals surface area contributed by atoms with Crippen molar-refractivity contribution >= 4 is 10.8 Å². The maximum Gasteiger partial charge on any atom is 0.166 e. The van der Waals surface area contributed by atoms with Crippen molar-refractivity contribution in [1.29, 1.82) is 0 Å². The fraction of sp³-hybridized carbons (Fsp3) is 0.0769. The zero-order valence-electron chi connectivity index (χ0n) is 16.4. The Balaban J connectivity index is 1.67. The smallest absolute Gasteiger partial charge is 0.166 e. The van der Waals surface area contributed by atoms with Crippen LogP contribution in [0.1, 0.15) is 23.6 Å². The van der Waals surface area contributed by atoms with E-state index < -0.39 is 29.1 Å². The molecule has 0 amide bonds. The average Bonchev–Trinajstić information content (AvgIpc) is 2.75. The predicted octanol–water partition coefficient (Wildman–Crippen LogP) is 7.16. The summed E-state index contributed by atoms with van der Waals surface area (Å²) >= 11 is 0. The van der Waals surface area contributed by atoms with Crippen LogP contribution in [0.5, 0.6) is 0 Å². The number of benzene rings is 4. The Labute approximate surface area is 176 Å². The first-order chi connectivity index (χ1) is 14.9. The van der Waals surface area contributed by atoms with Crippen LogP contribution >= 0.6 is 0 Å². The van der Waals surface area contributed by atoms with Crippen molar-refractivity contribution in [2.75, 3.05) is 0 Å². The molecule has 0 atom stereocenters. The van der Waals surface area contributed by atoms with Crippen molar-refractivity contribution in [1.82, 2.24) is 0 Å². The highest BCUT2D eigenvalue weighted by Crippen LogP contribution is 2.29. The molecule has 0 N–H and O–H groups in total. The largest absolute Gasteiger partial charge is 0.206 e. The van der Waals surface area contributed by atoms with Crippen LogP contribution in [0.15, 0.2) is 60.7 Å². The van der Waals surface area contributed by atoms with Gasteiger partial charge in [-0.1, -0.05) is 37.0 Å². The van der Waals surface area contributed by atoms with Gasteiger partial charge in [0.05, 0.1) is 11.1 Å². The summed E-state index contributed by atoms with van der Waals surface area (Å²) in [5, 5.41) is 0.585. The van der Waals surface area contributed by atoms with E-state index in [1.165, 1.54) is 42.5 Å². The van der Waals surface area contributed by atoms with Gasteiger partial charge in [0.25, 0.3) is 0 Å². The normalized spacial score (nSPS) is 10.8. The van der Waals surface area contributed by atoms with Gasteiger partial charge in [-0.05, 0) is 65.4 Å². The van der Waals surface area contributed by atoms with Gasteiger partial charge in [0, 0.05) is 10.9 Å². The van der Waals surface area contributed by atoms with E-state index in [-0.39, 0.29) is 22.1 Å². The zero-order chi connectivity index (χ0) is 22.1. The second kappa shape index (κ2) is 8.23. The lowest BCUT2D eigenvalue weighted by molar-refractivity contribution is 0.517. The lowest BCUT2D eigenvalue weighted by Gasteiger charge is -2.08. The minimum absolute atomic E-state index is 0.0418. The Morgan fingerprint density at radius 3 is 2.10 bits per heavy atom. The van der Waals surface area contributed by atoms with E-state index in [0.717, 1.165) is 12.1 Å². The van der Waals surface area contributed by atoms with Gasteiger partial charge in [-0.25, -0.2) is 22.0 Å². The molecule has 0 bridgehead atoms. The fourth-order valence-electron chi connectivity index (χ4n) is 3.36. The van der Waals surface area contributed by atoms with Crippen molar-refractivity contribution in [2.24, 2.45) is 0 Å². The lowest BCUT2D eigenvalue weighted by atomic mass is 10.00. The maximum absolute atomic E-state index is 14.6. The highest BCUT2D eigenvalue weighted by molar-refractivity contribution is 5.84. The van der Waals surface area contributed by atoms with Crippen LogP contribution < -0.4 is 0 Å². The zero-order valence-corrected chi connectivity index (χ0v) is 16.4. The third-order valence-corrected chi connectivity index (χ3v) is 5.02. The summed E-state index contributed by atoms with van der Waals surface area (Å²) in [7, 11) is 0. The van der Waals surface area contributed by atoms with Gasteiger partial charge in [-0.3, -0.25) is 0 Å². The van der Waals surface area contributed by atoms with Crippen LogP contribution in [0.25, 0.3) is 21.9 Å². The van der Waals surface area contributed by atoms with Gasteiger partial charge >= 0.3 is 0 Å². The van der Waals surface area contributed by atoms with Crippen LogP contribution in [0.2, 0.25) is 0 Å². The number of aryl methyl sites for hydroxylation is 1. The topological polar surface area (TPSA) is 0 Å². The van der Waals surface area contributed by atoms with E-state index >= 15 is 0 Å². The van der Waals surface area contributed by atoms with E-state index in [1.807, 2.05) is 0 Å². The van der Waals surface area contributed by atoms with Gasteiger partial charge < -0.3 is 0 Å². The summed E-state index contributed by atoms with van der Waals surface area (Å²) in [5.41, 5.74) is 0.817. The highest BCUT2D eigenvalue weighted by Gasteiger charge is 2.14. The molecule has 0 aromatic heterocycles. The molecule has 0 spiro atoms. The van der Waals surface area contributed by atoms with Crippen molar-refractivity contribution in [3.63, 3.8) is 0 Å². The van der Waals surface area contributed by atoms with Crippen LogP contribution in [-0.4, -0.2) is 0 Å². The maximum atomic E-state index is 14.6. The Kier molecular flexibility index (Phi) is 5.48. The van der Waals surface area contributed by atoms with E-state index in [2.05, 4.69) is 11.8 Å². The summed E-state index contributed by atoms with van der Waals surface area (Å²) in [6.45, 7) is 1.78. The Bertz CT molecular complexity index is 1350. The molecule has 5 heteroatoms. The van der Waals surface area contributed by atoms with E-state index in [9.17, 15) is 22.0 Å². The number of fused-ring (bicyclic) bond motifs is 1. The number of rotatable bonds is 2. The molecule has 0 aliphatic rings. The van der Waals surface area contributed by atoms with Crippen molar-refractivity contribution < 1.29 is 22.0 Å². The third-order valence-electron chi connectivity index (χ3n) is 5.02. The van der Waals surface area contributed by atoms with Crippen LogP contribution in [0.4, 0.5) is 22.0 Å². The molecule has 0 nitrogen and oxygen atoms in total. The molecule has 0 radical (unpaired) electrons. The predicted molar refractivity (Wildman–Crippen MR) is 111 cm³/mol. The minimum Gasteiger partial charge on any atom is -0.206 e. The number of hydrogen-bond donors (Lipinski definition) is 0. The van der Waals surface area contributed by atoms with Crippen molar-refractivity contribution in [3.05, 3.63) is 106 Å². The van der Waals surface area contributed by atoms with E-state index in [0.29, 0.717) is 22.9 Å². The first kappa shape index (κ1) is 20.6. The van der Waals surface area contributed by atoms with Gasteiger partial charge in [0.1, 0.15) is 17.5 Å². The van der Waals surface area contributed by atoms with Gasteiger partial charge in [0.15, 0.2) is 11.6 Å². The molecular formula is C26H15F5. The molecule has 0 heterocycles. The van der Waals surface area contributed by atoms with Crippen LogP contribution in [-0.2, 0) is 6.42 Å². The molecule has 0 saturated carbocycles. The van der Waals surface area contributed by atoms with Crippen molar-refractivity contribution in [3.8, 4) is 23.0 Å². The molecule has 0 saturated heterocycles. The Morgan fingerprint density at radius 2 is 1.42 bits per heavy atom. The molecule has 4 aromatic rings. The summed E-state index contributed by atoms with van der Waals surface area (Å²) in [6, 6.07) is 13.2. The summed E-state index contributed by atoms with van der Waals surface area (Å²) in [5.74, 6) is 1.32. The molecule has 0 unspecified atom stereocenters. The molecule has 0 aliphatic carbocycles. The van der Waals surface area contributed by atoms with Gasteiger partial charge in [-0.15, -0.1) is 0 Å². The number of halogens is 5. The summed E-state index contributed by atoms with van der Waals surface area (Å²) in [6.07, 6.45) is 0.480. The molecule has 0 fully saturated rings. The van der Waals surface area contributed by atoms with E-state index in [1.54, 1.807) is 13.0 Å². The molecule has 31 heavy (non-hydrogen) atoms. The minimum atomic E-state index is -0.940. The molecule has 0 aliphatic heterocycles. The van der Waals surface area contributed by atoms with Crippen LogP contribution in [0.3, 0.4) is 0 Å². The van der Waals surface area contributed by atoms with E-state index in [4.69, 9.17) is 0 Å². The number of hydrogen-bond acceptors (Lipinski definition) is 0. The SMILES string of the molecule is CCc1cc(F)c(-c2ccc(C#Cc3ccc4c(F)c(F)ccc4c3)c(F)c2)c(F)c1. The third kappa shape index (κ3) is 4.02. The standard InChI is InChI=1S/C26H15F5/c1-2-15-12-23(29)25(24(30)13-15)19-7-6-17(22(28)14-19)5-3-16-4-9-20-18(11-16)8-10-21(27)26(20)31/h4,6-14H,2H2,1H3. The summed E-state index contributed by atoms with van der Waals surface area (Å²) < 4.78 is 70.3. The molecular weight excluding hydrogens is 407 g/mol. The first-order valence-electron chi connectivity index (χ1n) is 9.55. The lowest BCUT2D eigenvalue weighted by Crippen LogP contribution is -1.95. The molecule has 4 aromatic carbocycles. The Hall–Kier alpha value is -3.65. The first-order valence-corrected chi connectivity index (χ1v) is 9.55. The summed E-state index contributed by atoms with van der Waals surface area (Å²) in [4.78, 5) is 0. The average molecular weight is 422 g/mol. The van der Waals surface area contributed by atoms with Gasteiger partial charge in [0.2, 0.25) is 0 Å². The second-order valence-corrected chi connectivity index (χ2v) is 7.03. The molecule has 4 rings (SSSR count). The van der Waals surface area contributed by atoms with Gasteiger partial charge in [-0.2, -0.15) is 0 Å². The van der Waals surface area contributed by atoms with Crippen LogP contribution in [0, 0.1) is 40.9 Å². The highest BCUT2D eigenvalue weighted by atomic mass is 19.2. The molecule has 154 valence electrons. The Morgan fingerprint density at radius 1 is 0.677 bits per heavy atom. The second-order valence-electron chi connectivity index (χ2n) is 7.03. The van der Waals surface area contributed by atoms with Crippen molar-refractivity contribution in [2.45, 2.75) is 13.3 Å².